The van der Waals surface area contributed by atoms with Gasteiger partial charge in [-0.1, -0.05) is 27.7 Å². The van der Waals surface area contributed by atoms with E-state index >= 15 is 0 Å². The molecular formula is C8H21N. The summed E-state index contributed by atoms with van der Waals surface area (Å²) in [4.78, 5) is 0. The standard InChI is InChI=1S/C6H15N.C2H6/c1-5(2)6(3)7-4;1-2/h5-7H,1-4H3;1-2H3. The number of rotatable bonds is 2. The van der Waals surface area contributed by atoms with Crippen LogP contribution in [0.1, 0.15) is 34.6 Å². The molecule has 0 radical (unpaired) electrons. The zero-order chi connectivity index (χ0) is 7.86. The van der Waals surface area contributed by atoms with E-state index < -0.39 is 0 Å². The maximum absolute atomic E-state index is 3.16. The molecule has 0 saturated carbocycles. The van der Waals surface area contributed by atoms with Crippen molar-refractivity contribution in [2.75, 3.05) is 7.05 Å². The van der Waals surface area contributed by atoms with Crippen molar-refractivity contribution in [3.8, 4) is 0 Å². The molecule has 0 aliphatic heterocycles. The van der Waals surface area contributed by atoms with E-state index in [2.05, 4.69) is 26.1 Å². The SMILES string of the molecule is CC.CNC(C)C(C)C. The second kappa shape index (κ2) is 7.96. The fourth-order valence-corrected chi connectivity index (χ4v) is 0.333. The van der Waals surface area contributed by atoms with Gasteiger partial charge in [-0.15, -0.1) is 0 Å². The molecule has 0 saturated heterocycles. The van der Waals surface area contributed by atoms with E-state index in [0.717, 1.165) is 5.92 Å². The van der Waals surface area contributed by atoms with Crippen LogP contribution in [0.5, 0.6) is 0 Å². The van der Waals surface area contributed by atoms with Crippen molar-refractivity contribution < 1.29 is 0 Å². The van der Waals surface area contributed by atoms with Gasteiger partial charge in [0.2, 0.25) is 0 Å². The number of hydrogen-bond acceptors (Lipinski definition) is 1. The van der Waals surface area contributed by atoms with Crippen LogP contribution >= 0.6 is 0 Å². The van der Waals surface area contributed by atoms with Crippen LogP contribution in [0.2, 0.25) is 0 Å². The predicted octanol–water partition coefficient (Wildman–Crippen LogP) is 2.28. The van der Waals surface area contributed by atoms with Crippen LogP contribution in [0.15, 0.2) is 0 Å². The van der Waals surface area contributed by atoms with Gasteiger partial charge in [0, 0.05) is 6.04 Å². The third-order valence-corrected chi connectivity index (χ3v) is 1.46. The largest absolute Gasteiger partial charge is 0.317 e. The first kappa shape index (κ1) is 11.7. The molecule has 0 aromatic rings. The maximum Gasteiger partial charge on any atom is 0.00587 e. The smallest absolute Gasteiger partial charge is 0.00587 e. The molecule has 1 N–H and O–H groups in total. The molecule has 1 atom stereocenters. The maximum atomic E-state index is 3.16. The normalized spacial score (nSPS) is 12.3. The molecular weight excluding hydrogens is 110 g/mol. The Kier molecular flexibility index (Phi) is 10.4. The highest BCUT2D eigenvalue weighted by Gasteiger charge is 2.00. The summed E-state index contributed by atoms with van der Waals surface area (Å²) in [7, 11) is 1.99. The van der Waals surface area contributed by atoms with E-state index in [0.29, 0.717) is 6.04 Å². The minimum absolute atomic E-state index is 0.653. The van der Waals surface area contributed by atoms with Gasteiger partial charge in [0.05, 0.1) is 0 Å². The Morgan fingerprint density at radius 1 is 1.00 bits per heavy atom. The molecule has 58 valence electrons. The van der Waals surface area contributed by atoms with Gasteiger partial charge < -0.3 is 5.32 Å². The van der Waals surface area contributed by atoms with Gasteiger partial charge in [0.25, 0.3) is 0 Å². The number of hydrogen-bond donors (Lipinski definition) is 1. The zero-order valence-corrected chi connectivity index (χ0v) is 7.65. The van der Waals surface area contributed by atoms with Crippen molar-refractivity contribution in [3.05, 3.63) is 0 Å². The third kappa shape index (κ3) is 7.96. The molecule has 0 aliphatic rings. The highest BCUT2D eigenvalue weighted by Crippen LogP contribution is 1.96. The Morgan fingerprint density at radius 3 is 1.33 bits per heavy atom. The second-order valence-corrected chi connectivity index (χ2v) is 2.32. The summed E-state index contributed by atoms with van der Waals surface area (Å²) >= 11 is 0. The van der Waals surface area contributed by atoms with Gasteiger partial charge in [-0.25, -0.2) is 0 Å². The topological polar surface area (TPSA) is 12.0 Å². The molecule has 0 aromatic heterocycles. The Bertz CT molecular complexity index is 41.8. The lowest BCUT2D eigenvalue weighted by molar-refractivity contribution is 0.459. The van der Waals surface area contributed by atoms with Crippen LogP contribution in [0.4, 0.5) is 0 Å². The van der Waals surface area contributed by atoms with Crippen LogP contribution in [-0.4, -0.2) is 13.1 Å². The molecule has 1 nitrogen and oxygen atoms in total. The van der Waals surface area contributed by atoms with Crippen LogP contribution in [-0.2, 0) is 0 Å². The van der Waals surface area contributed by atoms with Gasteiger partial charge in [-0.3, -0.25) is 0 Å². The Balaban J connectivity index is 0. The second-order valence-electron chi connectivity index (χ2n) is 2.32. The van der Waals surface area contributed by atoms with Crippen molar-refractivity contribution in [2.45, 2.75) is 40.7 Å². The first-order chi connectivity index (χ1) is 4.18. The summed E-state index contributed by atoms with van der Waals surface area (Å²) in [6.07, 6.45) is 0. The predicted molar refractivity (Wildman–Crippen MR) is 44.7 cm³/mol. The summed E-state index contributed by atoms with van der Waals surface area (Å²) in [6, 6.07) is 0.653. The van der Waals surface area contributed by atoms with Gasteiger partial charge in [0.15, 0.2) is 0 Å². The molecule has 1 heteroatoms. The van der Waals surface area contributed by atoms with E-state index in [1.807, 2.05) is 20.9 Å². The molecule has 0 spiro atoms. The molecule has 0 aliphatic carbocycles. The summed E-state index contributed by atoms with van der Waals surface area (Å²) in [5, 5.41) is 3.16. The first-order valence-electron chi connectivity index (χ1n) is 3.85. The summed E-state index contributed by atoms with van der Waals surface area (Å²) in [5.41, 5.74) is 0. The van der Waals surface area contributed by atoms with Gasteiger partial charge in [-0.05, 0) is 19.9 Å². The van der Waals surface area contributed by atoms with E-state index in [1.165, 1.54) is 0 Å². The molecule has 0 amide bonds. The summed E-state index contributed by atoms with van der Waals surface area (Å²) in [5.74, 6) is 0.755. The Labute approximate surface area is 59.8 Å². The van der Waals surface area contributed by atoms with E-state index in [9.17, 15) is 0 Å². The lowest BCUT2D eigenvalue weighted by atomic mass is 10.1. The van der Waals surface area contributed by atoms with Crippen molar-refractivity contribution in [1.29, 1.82) is 0 Å². The van der Waals surface area contributed by atoms with Crippen molar-refractivity contribution >= 4 is 0 Å². The molecule has 0 bridgehead atoms. The Hall–Kier alpha value is -0.0400. The zero-order valence-electron chi connectivity index (χ0n) is 7.65. The molecule has 0 aromatic carbocycles. The highest BCUT2D eigenvalue weighted by molar-refractivity contribution is 4.59. The summed E-state index contributed by atoms with van der Waals surface area (Å²) < 4.78 is 0. The molecule has 0 fully saturated rings. The van der Waals surface area contributed by atoms with Crippen molar-refractivity contribution in [3.63, 3.8) is 0 Å². The molecule has 9 heavy (non-hydrogen) atoms. The van der Waals surface area contributed by atoms with Crippen LogP contribution in [0.3, 0.4) is 0 Å². The van der Waals surface area contributed by atoms with E-state index in [1.54, 1.807) is 0 Å². The first-order valence-corrected chi connectivity index (χ1v) is 3.85. The monoisotopic (exact) mass is 131 g/mol. The Morgan fingerprint density at radius 2 is 1.33 bits per heavy atom. The lowest BCUT2D eigenvalue weighted by Crippen LogP contribution is -2.26. The van der Waals surface area contributed by atoms with Gasteiger partial charge in [-0.2, -0.15) is 0 Å². The van der Waals surface area contributed by atoms with Crippen LogP contribution < -0.4 is 5.32 Å². The third-order valence-electron chi connectivity index (χ3n) is 1.46. The van der Waals surface area contributed by atoms with E-state index in [4.69, 9.17) is 0 Å². The molecule has 0 rings (SSSR count). The minimum Gasteiger partial charge on any atom is -0.317 e. The quantitative estimate of drug-likeness (QED) is 0.606. The summed E-state index contributed by atoms with van der Waals surface area (Å²) in [6.45, 7) is 10.6. The number of nitrogens with one attached hydrogen (secondary N) is 1. The minimum atomic E-state index is 0.653. The van der Waals surface area contributed by atoms with Gasteiger partial charge in [0.1, 0.15) is 0 Å². The molecule has 1 unspecified atom stereocenters. The highest BCUT2D eigenvalue weighted by atomic mass is 14.9. The van der Waals surface area contributed by atoms with Gasteiger partial charge >= 0.3 is 0 Å². The fraction of sp³-hybridized carbons (Fsp3) is 1.00. The van der Waals surface area contributed by atoms with Crippen LogP contribution in [0.25, 0.3) is 0 Å². The van der Waals surface area contributed by atoms with Crippen LogP contribution in [0, 0.1) is 5.92 Å². The average Bonchev–Trinajstić information content (AvgIpc) is 1.91. The fourth-order valence-electron chi connectivity index (χ4n) is 0.333. The van der Waals surface area contributed by atoms with Crippen molar-refractivity contribution in [2.24, 2.45) is 5.92 Å². The molecule has 0 heterocycles. The average molecular weight is 131 g/mol. The van der Waals surface area contributed by atoms with E-state index in [-0.39, 0.29) is 0 Å². The van der Waals surface area contributed by atoms with Crippen molar-refractivity contribution in [1.82, 2.24) is 5.32 Å². The lowest BCUT2D eigenvalue weighted by Gasteiger charge is -2.12.